The van der Waals surface area contributed by atoms with E-state index >= 15 is 0 Å². The monoisotopic (exact) mass is 380 g/mol. The number of amides is 1. The molecule has 2 rings (SSSR count). The van der Waals surface area contributed by atoms with Crippen molar-refractivity contribution >= 4 is 40.9 Å². The summed E-state index contributed by atoms with van der Waals surface area (Å²) in [5.41, 5.74) is 0.814. The summed E-state index contributed by atoms with van der Waals surface area (Å²) in [7, 11) is 1.92. The summed E-state index contributed by atoms with van der Waals surface area (Å²) in [6, 6.07) is 8.14. The molecule has 1 heterocycles. The fourth-order valence-electron chi connectivity index (χ4n) is 2.18. The lowest BCUT2D eigenvalue weighted by Crippen LogP contribution is -2.44. The molecule has 1 aromatic rings. The first-order valence-corrected chi connectivity index (χ1v) is 7.00. The van der Waals surface area contributed by atoms with Gasteiger partial charge in [0, 0.05) is 16.7 Å². The fourth-order valence-corrected chi connectivity index (χ4v) is 2.80. The third kappa shape index (κ3) is 3.59. The smallest absolute Gasteiger partial charge is 0.254 e. The predicted octanol–water partition coefficient (Wildman–Crippen LogP) is 2.54. The number of piperidine rings is 1. The molecule has 1 aliphatic rings. The first-order valence-electron chi connectivity index (χ1n) is 5.92. The van der Waals surface area contributed by atoms with Crippen LogP contribution in [0.2, 0.25) is 0 Å². The van der Waals surface area contributed by atoms with Crippen molar-refractivity contribution < 1.29 is 4.79 Å². The minimum Gasteiger partial charge on any atom is -0.339 e. The summed E-state index contributed by atoms with van der Waals surface area (Å²) in [6.45, 7) is 2.02. The molecule has 0 spiro atoms. The number of hydrogen-bond acceptors (Lipinski definition) is 2. The number of halogens is 2. The largest absolute Gasteiger partial charge is 0.339 e. The molecule has 0 saturated carbocycles. The van der Waals surface area contributed by atoms with Gasteiger partial charge in [0.2, 0.25) is 0 Å². The fraction of sp³-hybridized carbons (Fsp3) is 0.462. The lowest BCUT2D eigenvalue weighted by molar-refractivity contribution is 0.0702. The molecule has 1 amide bonds. The van der Waals surface area contributed by atoms with Crippen LogP contribution in [0, 0.1) is 3.57 Å². The summed E-state index contributed by atoms with van der Waals surface area (Å²) >= 11 is 2.22. The number of carbonyl (C=O) groups is 1. The highest BCUT2D eigenvalue weighted by atomic mass is 127. The molecule has 1 N–H and O–H groups in total. The molecule has 0 aliphatic carbocycles. The molecule has 5 heteroatoms. The van der Waals surface area contributed by atoms with E-state index in [2.05, 4.69) is 27.9 Å². The standard InChI is InChI=1S/C13H17IN2O.ClH/c1-16(10-6-8-15-9-7-10)13(17)11-4-2-3-5-12(11)14;/h2-5,10,15H,6-9H2,1H3;1H. The highest BCUT2D eigenvalue weighted by molar-refractivity contribution is 14.1. The van der Waals surface area contributed by atoms with Gasteiger partial charge in [-0.3, -0.25) is 4.79 Å². The van der Waals surface area contributed by atoms with Gasteiger partial charge in [-0.05, 0) is 60.7 Å². The van der Waals surface area contributed by atoms with Crippen molar-refractivity contribution in [3.05, 3.63) is 33.4 Å². The molecule has 18 heavy (non-hydrogen) atoms. The molecular weight excluding hydrogens is 363 g/mol. The molecule has 0 radical (unpaired) electrons. The van der Waals surface area contributed by atoms with Gasteiger partial charge in [0.15, 0.2) is 0 Å². The Balaban J connectivity index is 0.00000162. The second-order valence-electron chi connectivity index (χ2n) is 4.38. The van der Waals surface area contributed by atoms with Gasteiger partial charge in [-0.1, -0.05) is 12.1 Å². The Labute approximate surface area is 128 Å². The maximum atomic E-state index is 12.4. The number of nitrogens with zero attached hydrogens (tertiary/aromatic N) is 1. The molecule has 1 aliphatic heterocycles. The zero-order valence-electron chi connectivity index (χ0n) is 10.4. The lowest BCUT2D eigenvalue weighted by atomic mass is 10.0. The highest BCUT2D eigenvalue weighted by Gasteiger charge is 2.23. The first kappa shape index (κ1) is 15.7. The SMILES string of the molecule is CN(C(=O)c1ccccc1I)C1CCNCC1.Cl. The van der Waals surface area contributed by atoms with Crippen LogP contribution in [0.5, 0.6) is 0 Å². The van der Waals surface area contributed by atoms with Crippen molar-refractivity contribution in [2.24, 2.45) is 0 Å². The van der Waals surface area contributed by atoms with Gasteiger partial charge in [-0.2, -0.15) is 0 Å². The summed E-state index contributed by atoms with van der Waals surface area (Å²) in [4.78, 5) is 14.3. The molecule has 3 nitrogen and oxygen atoms in total. The molecule has 0 bridgehead atoms. The van der Waals surface area contributed by atoms with Gasteiger partial charge in [-0.25, -0.2) is 0 Å². The van der Waals surface area contributed by atoms with Crippen LogP contribution in [0.3, 0.4) is 0 Å². The third-order valence-electron chi connectivity index (χ3n) is 3.28. The van der Waals surface area contributed by atoms with Gasteiger partial charge in [0.05, 0.1) is 5.56 Å². The van der Waals surface area contributed by atoms with Gasteiger partial charge in [0.1, 0.15) is 0 Å². The van der Waals surface area contributed by atoms with Gasteiger partial charge in [-0.15, -0.1) is 12.4 Å². The maximum absolute atomic E-state index is 12.4. The van der Waals surface area contributed by atoms with E-state index < -0.39 is 0 Å². The quantitative estimate of drug-likeness (QED) is 0.800. The van der Waals surface area contributed by atoms with Crippen molar-refractivity contribution in [3.63, 3.8) is 0 Å². The topological polar surface area (TPSA) is 32.3 Å². The van der Waals surface area contributed by atoms with Crippen molar-refractivity contribution in [2.75, 3.05) is 20.1 Å². The molecule has 0 atom stereocenters. The van der Waals surface area contributed by atoms with Crippen LogP contribution in [0.25, 0.3) is 0 Å². The summed E-state index contributed by atoms with van der Waals surface area (Å²) in [6.07, 6.45) is 2.09. The van der Waals surface area contributed by atoms with E-state index in [1.165, 1.54) is 0 Å². The minimum atomic E-state index is 0. The Hall–Kier alpha value is -0.330. The highest BCUT2D eigenvalue weighted by Crippen LogP contribution is 2.17. The average Bonchev–Trinajstić information content (AvgIpc) is 2.39. The normalized spacial score (nSPS) is 15.9. The van der Waals surface area contributed by atoms with Crippen LogP contribution in [0.4, 0.5) is 0 Å². The number of carbonyl (C=O) groups excluding carboxylic acids is 1. The van der Waals surface area contributed by atoms with Crippen LogP contribution < -0.4 is 5.32 Å². The van der Waals surface area contributed by atoms with Crippen molar-refractivity contribution in [2.45, 2.75) is 18.9 Å². The minimum absolute atomic E-state index is 0. The van der Waals surface area contributed by atoms with Crippen molar-refractivity contribution in [3.8, 4) is 0 Å². The summed E-state index contributed by atoms with van der Waals surface area (Å²) < 4.78 is 1.02. The predicted molar refractivity (Wildman–Crippen MR) is 84.4 cm³/mol. The number of nitrogens with one attached hydrogen (secondary N) is 1. The van der Waals surface area contributed by atoms with E-state index in [-0.39, 0.29) is 18.3 Å². The van der Waals surface area contributed by atoms with Gasteiger partial charge in [0.25, 0.3) is 5.91 Å². The zero-order valence-corrected chi connectivity index (χ0v) is 13.3. The molecule has 1 fully saturated rings. The Bertz CT molecular complexity index is 408. The average molecular weight is 381 g/mol. The summed E-state index contributed by atoms with van der Waals surface area (Å²) in [5, 5.41) is 3.32. The van der Waals surface area contributed by atoms with E-state index in [1.807, 2.05) is 36.2 Å². The van der Waals surface area contributed by atoms with Crippen molar-refractivity contribution in [1.29, 1.82) is 0 Å². The Morgan fingerprint density at radius 3 is 2.56 bits per heavy atom. The number of benzene rings is 1. The van der Waals surface area contributed by atoms with E-state index in [9.17, 15) is 4.79 Å². The zero-order chi connectivity index (χ0) is 12.3. The molecule has 1 saturated heterocycles. The van der Waals surface area contributed by atoms with Crippen LogP contribution >= 0.6 is 35.0 Å². The van der Waals surface area contributed by atoms with Crippen LogP contribution in [0.1, 0.15) is 23.2 Å². The second-order valence-corrected chi connectivity index (χ2v) is 5.54. The van der Waals surface area contributed by atoms with Crippen LogP contribution in [0.15, 0.2) is 24.3 Å². The molecule has 1 aromatic carbocycles. The van der Waals surface area contributed by atoms with E-state index in [4.69, 9.17) is 0 Å². The van der Waals surface area contributed by atoms with Gasteiger partial charge >= 0.3 is 0 Å². The second kappa shape index (κ2) is 7.31. The molecule has 0 unspecified atom stereocenters. The van der Waals surface area contributed by atoms with Crippen LogP contribution in [-0.2, 0) is 0 Å². The third-order valence-corrected chi connectivity index (χ3v) is 4.22. The molecule has 100 valence electrons. The Kier molecular flexibility index (Phi) is 6.38. The lowest BCUT2D eigenvalue weighted by Gasteiger charge is -2.31. The Morgan fingerprint density at radius 2 is 1.94 bits per heavy atom. The number of rotatable bonds is 2. The molecule has 0 aromatic heterocycles. The van der Waals surface area contributed by atoms with E-state index in [0.717, 1.165) is 35.1 Å². The van der Waals surface area contributed by atoms with Crippen LogP contribution in [-0.4, -0.2) is 37.0 Å². The van der Waals surface area contributed by atoms with Crippen molar-refractivity contribution in [1.82, 2.24) is 10.2 Å². The van der Waals surface area contributed by atoms with E-state index in [1.54, 1.807) is 0 Å². The summed E-state index contributed by atoms with van der Waals surface area (Å²) in [5.74, 6) is 0.141. The first-order chi connectivity index (χ1) is 8.20. The van der Waals surface area contributed by atoms with Gasteiger partial charge < -0.3 is 10.2 Å². The Morgan fingerprint density at radius 1 is 1.33 bits per heavy atom. The maximum Gasteiger partial charge on any atom is 0.254 e. The molecular formula is C13H18ClIN2O. The van der Waals surface area contributed by atoms with E-state index in [0.29, 0.717) is 6.04 Å². The number of hydrogen-bond donors (Lipinski definition) is 1.